The minimum Gasteiger partial charge on any atom is -0.459 e. The van der Waals surface area contributed by atoms with Gasteiger partial charge in [-0.25, -0.2) is 13.6 Å². The Hall–Kier alpha value is -4.03. The van der Waals surface area contributed by atoms with E-state index in [4.69, 9.17) is 31.8 Å². The molecular formula is C36H39ClF2N8O3S. The van der Waals surface area contributed by atoms with E-state index in [0.29, 0.717) is 50.5 Å². The summed E-state index contributed by atoms with van der Waals surface area (Å²) in [5.74, 6) is -0.783. The van der Waals surface area contributed by atoms with Crippen LogP contribution in [-0.2, 0) is 4.74 Å². The summed E-state index contributed by atoms with van der Waals surface area (Å²) in [6.07, 6.45) is 3.66. The second-order valence-electron chi connectivity index (χ2n) is 14.5. The fraction of sp³-hybridized carbons (Fsp3) is 0.500. The van der Waals surface area contributed by atoms with Gasteiger partial charge in [0.25, 0.3) is 0 Å². The molecule has 0 saturated carbocycles. The van der Waals surface area contributed by atoms with E-state index in [9.17, 15) is 14.4 Å². The van der Waals surface area contributed by atoms with Gasteiger partial charge >= 0.3 is 12.0 Å². The van der Waals surface area contributed by atoms with E-state index >= 15 is 4.39 Å². The van der Waals surface area contributed by atoms with Crippen molar-refractivity contribution in [2.45, 2.75) is 50.9 Å². The first-order chi connectivity index (χ1) is 24.5. The quantitative estimate of drug-likeness (QED) is 0.250. The maximum atomic E-state index is 17.1. The van der Waals surface area contributed by atoms with Crippen LogP contribution in [0.1, 0.15) is 38.2 Å². The number of amides is 2. The SMILES string of the molecule is COC1CN(C(=O)N2CC3(CCCN(c4nc(OC(C)[C@@H]5CCCN5C)nc5c(F)c(-c6ccc(F)c7sc(N)c(C#N)c67)c(Cl)cc45)C3)C2)C1. The molecule has 4 aliphatic rings. The number of methoxy groups -OCH3 is 1. The van der Waals surface area contributed by atoms with Crippen molar-refractivity contribution in [3.63, 3.8) is 0 Å². The fourth-order valence-corrected chi connectivity index (χ4v) is 9.72. The van der Waals surface area contributed by atoms with Crippen LogP contribution in [0, 0.1) is 28.4 Å². The lowest BCUT2D eigenvalue weighted by molar-refractivity contribution is -0.0412. The van der Waals surface area contributed by atoms with E-state index in [2.05, 4.69) is 27.9 Å². The molecule has 0 aliphatic carbocycles. The zero-order valence-corrected chi connectivity index (χ0v) is 30.3. The predicted molar refractivity (Wildman–Crippen MR) is 193 cm³/mol. The van der Waals surface area contributed by atoms with Crippen LogP contribution in [0.25, 0.3) is 32.1 Å². The lowest BCUT2D eigenvalue weighted by atomic mass is 9.73. The van der Waals surface area contributed by atoms with Crippen molar-refractivity contribution in [1.82, 2.24) is 24.7 Å². The molecule has 6 heterocycles. The molecule has 2 N–H and O–H groups in total. The minimum atomic E-state index is -0.728. The van der Waals surface area contributed by atoms with Crippen molar-refractivity contribution in [2.24, 2.45) is 5.41 Å². The van der Waals surface area contributed by atoms with Gasteiger partial charge in [0.1, 0.15) is 34.3 Å². The molecule has 0 bridgehead atoms. The molecule has 4 aromatic rings. The van der Waals surface area contributed by atoms with Gasteiger partial charge in [0.05, 0.1) is 34.5 Å². The van der Waals surface area contributed by atoms with Crippen LogP contribution >= 0.6 is 22.9 Å². The lowest BCUT2D eigenvalue weighted by Crippen LogP contribution is -2.68. The van der Waals surface area contributed by atoms with Gasteiger partial charge in [0, 0.05) is 61.1 Å². The summed E-state index contributed by atoms with van der Waals surface area (Å²) in [7, 11) is 3.72. The second kappa shape index (κ2) is 12.9. The molecule has 8 rings (SSSR count). The average Bonchev–Trinajstić information content (AvgIpc) is 3.66. The molecule has 1 unspecified atom stereocenters. The summed E-state index contributed by atoms with van der Waals surface area (Å²) >= 11 is 7.87. The molecule has 2 atom stereocenters. The third kappa shape index (κ3) is 5.69. The number of likely N-dealkylation sites (tertiary alicyclic amines) is 3. The number of piperidine rings is 1. The van der Waals surface area contributed by atoms with Crippen molar-refractivity contribution in [1.29, 1.82) is 5.26 Å². The van der Waals surface area contributed by atoms with Gasteiger partial charge in [-0.3, -0.25) is 4.90 Å². The predicted octanol–water partition coefficient (Wildman–Crippen LogP) is 6.11. The van der Waals surface area contributed by atoms with Crippen molar-refractivity contribution < 1.29 is 23.0 Å². The molecule has 4 fully saturated rings. The molecular weight excluding hydrogens is 698 g/mol. The highest BCUT2D eigenvalue weighted by molar-refractivity contribution is 7.23. The van der Waals surface area contributed by atoms with Crippen LogP contribution in [0.3, 0.4) is 0 Å². The number of ether oxygens (including phenoxy) is 2. The number of carbonyl (C=O) groups is 1. The molecule has 2 aromatic heterocycles. The lowest BCUT2D eigenvalue weighted by Gasteiger charge is -2.56. The Bertz CT molecular complexity index is 2100. The Morgan fingerprint density at radius 3 is 2.67 bits per heavy atom. The van der Waals surface area contributed by atoms with Crippen LogP contribution in [0.2, 0.25) is 5.02 Å². The molecule has 15 heteroatoms. The zero-order valence-electron chi connectivity index (χ0n) is 28.7. The second-order valence-corrected chi connectivity index (χ2v) is 15.9. The van der Waals surface area contributed by atoms with Crippen LogP contribution < -0.4 is 15.4 Å². The molecule has 4 saturated heterocycles. The van der Waals surface area contributed by atoms with Crippen LogP contribution in [0.4, 0.5) is 24.4 Å². The van der Waals surface area contributed by atoms with Gasteiger partial charge in [-0.05, 0) is 63.9 Å². The number of benzene rings is 2. The van der Waals surface area contributed by atoms with Gasteiger partial charge < -0.3 is 29.9 Å². The Labute approximate surface area is 303 Å². The third-order valence-electron chi connectivity index (χ3n) is 11.2. The van der Waals surface area contributed by atoms with Crippen LogP contribution in [0.15, 0.2) is 18.2 Å². The number of fused-ring (bicyclic) bond motifs is 2. The number of thiophene rings is 1. The smallest absolute Gasteiger partial charge is 0.320 e. The van der Waals surface area contributed by atoms with Crippen molar-refractivity contribution in [3.05, 3.63) is 40.4 Å². The van der Waals surface area contributed by atoms with E-state index in [-0.39, 0.29) is 78.0 Å². The molecule has 268 valence electrons. The number of nitrogens with two attached hydrogens (primary N) is 1. The van der Waals surface area contributed by atoms with Gasteiger partial charge in [-0.2, -0.15) is 15.2 Å². The summed E-state index contributed by atoms with van der Waals surface area (Å²) in [4.78, 5) is 30.8. The molecule has 2 amide bonds. The topological polar surface area (TPSA) is 124 Å². The molecule has 51 heavy (non-hydrogen) atoms. The van der Waals surface area contributed by atoms with E-state index < -0.39 is 11.6 Å². The number of hydrogen-bond donors (Lipinski definition) is 1. The highest BCUT2D eigenvalue weighted by Crippen LogP contribution is 2.47. The number of nitriles is 1. The van der Waals surface area contributed by atoms with Crippen LogP contribution in [-0.4, -0.2) is 109 Å². The maximum absolute atomic E-state index is 17.1. The van der Waals surface area contributed by atoms with Crippen molar-refractivity contribution in [3.8, 4) is 23.2 Å². The molecule has 11 nitrogen and oxygen atoms in total. The Morgan fingerprint density at radius 1 is 1.18 bits per heavy atom. The summed E-state index contributed by atoms with van der Waals surface area (Å²) in [6.45, 7) is 6.68. The maximum Gasteiger partial charge on any atom is 0.320 e. The number of aromatic nitrogens is 2. The van der Waals surface area contributed by atoms with Gasteiger partial charge in [-0.15, -0.1) is 11.3 Å². The monoisotopic (exact) mass is 736 g/mol. The number of rotatable bonds is 6. The van der Waals surface area contributed by atoms with Gasteiger partial charge in [0.2, 0.25) is 0 Å². The molecule has 4 aliphatic heterocycles. The minimum absolute atomic E-state index is 0.00684. The zero-order chi connectivity index (χ0) is 35.8. The highest BCUT2D eigenvalue weighted by atomic mass is 35.5. The number of nitrogen functional groups attached to an aromatic ring is 1. The van der Waals surface area contributed by atoms with E-state index in [1.807, 2.05) is 16.7 Å². The largest absolute Gasteiger partial charge is 0.459 e. The highest BCUT2D eigenvalue weighted by Gasteiger charge is 2.50. The Balaban J connectivity index is 1.19. The fourth-order valence-electron chi connectivity index (χ4n) is 8.47. The summed E-state index contributed by atoms with van der Waals surface area (Å²) in [5.41, 5.74) is 6.29. The van der Waals surface area contributed by atoms with Crippen LogP contribution in [0.5, 0.6) is 6.01 Å². The van der Waals surface area contributed by atoms with Gasteiger partial charge in [0.15, 0.2) is 5.82 Å². The van der Waals surface area contributed by atoms with E-state index in [1.54, 1.807) is 13.2 Å². The normalized spacial score (nSPS) is 21.3. The Morgan fingerprint density at radius 2 is 1.96 bits per heavy atom. The van der Waals surface area contributed by atoms with E-state index in [0.717, 1.165) is 43.6 Å². The summed E-state index contributed by atoms with van der Waals surface area (Å²) < 4.78 is 44.0. The van der Waals surface area contributed by atoms with Crippen molar-refractivity contribution in [2.75, 3.05) is 70.6 Å². The number of nitrogens with zero attached hydrogens (tertiary/aromatic N) is 7. The third-order valence-corrected chi connectivity index (χ3v) is 12.5. The number of carbonyl (C=O) groups excluding carboxylic acids is 1. The van der Waals surface area contributed by atoms with Gasteiger partial charge in [-0.1, -0.05) is 17.7 Å². The Kier molecular flexibility index (Phi) is 8.60. The standard InChI is InChI=1S/C36H39ClF2N8O3S/c1-19(26-6-4-10-44(26)2)50-34-42-30-22(12-24(37)28(29(30)39)21-7-8-25(38)31-27(21)23(13-40)32(41)51-31)33(43-34)45-11-5-9-36(16-45)17-47(18-36)35(48)46-14-20(15-46)49-3/h7-8,12,19-20,26H,4-6,9-11,14-18,41H2,1-3H3/t19?,26-/m0/s1. The average molecular weight is 737 g/mol. The first-order valence-corrected chi connectivity index (χ1v) is 18.5. The number of likely N-dealkylation sites (N-methyl/N-ethyl adjacent to an activating group) is 1. The first-order valence-electron chi connectivity index (χ1n) is 17.3. The molecule has 0 radical (unpaired) electrons. The number of hydrogen-bond acceptors (Lipinski definition) is 10. The number of anilines is 2. The number of halogens is 3. The summed E-state index contributed by atoms with van der Waals surface area (Å²) in [6, 6.07) is 6.59. The van der Waals surface area contributed by atoms with Crippen molar-refractivity contribution >= 4 is 60.8 Å². The first kappa shape index (κ1) is 34.1. The van der Waals surface area contributed by atoms with E-state index in [1.165, 1.54) is 12.1 Å². The molecule has 2 aromatic carbocycles. The number of urea groups is 1. The summed E-state index contributed by atoms with van der Waals surface area (Å²) in [5, 5.41) is 10.7. The molecule has 1 spiro atoms.